The maximum atomic E-state index is 13.1. The van der Waals surface area contributed by atoms with Crippen molar-refractivity contribution < 1.29 is 18.7 Å². The lowest BCUT2D eigenvalue weighted by atomic mass is 9.88. The zero-order valence-corrected chi connectivity index (χ0v) is 14.9. The molecule has 4 heterocycles. The monoisotopic (exact) mass is 364 g/mol. The molecular weight excluding hydrogens is 339 g/mol. The normalized spacial score (nSPS) is 24.0. The fourth-order valence-corrected chi connectivity index (χ4v) is 4.12. The number of rotatable bonds is 2. The Kier molecular flexibility index (Phi) is 5.04. The summed E-state index contributed by atoms with van der Waals surface area (Å²) in [4.78, 5) is 24.9. The lowest BCUT2D eigenvalue weighted by Gasteiger charge is -2.47. The molecule has 0 atom stereocenters. The number of anilines is 1. The molecule has 26 heavy (non-hydrogen) atoms. The molecule has 3 fully saturated rings. The zero-order valence-electron chi connectivity index (χ0n) is 14.9. The Hall–Kier alpha value is -1.80. The van der Waals surface area contributed by atoms with Gasteiger partial charge >= 0.3 is 0 Å². The standard InChI is InChI=1S/C18H25FN4O3/c19-15-11-20-17(21-12-15)23-7-10-26-18(13-23)3-5-22(6-4-18)16(24)14-1-8-25-9-2-14/h11-12,14H,1-10,13H2. The van der Waals surface area contributed by atoms with Crippen LogP contribution in [0.1, 0.15) is 25.7 Å². The lowest BCUT2D eigenvalue weighted by molar-refractivity contribution is -0.146. The Morgan fingerprint density at radius 1 is 1.12 bits per heavy atom. The first-order chi connectivity index (χ1) is 12.7. The molecule has 7 nitrogen and oxygen atoms in total. The lowest BCUT2D eigenvalue weighted by Crippen LogP contribution is -2.58. The minimum Gasteiger partial charge on any atom is -0.381 e. The van der Waals surface area contributed by atoms with E-state index < -0.39 is 5.82 Å². The molecule has 0 radical (unpaired) electrons. The van der Waals surface area contributed by atoms with Gasteiger partial charge in [0.15, 0.2) is 5.82 Å². The van der Waals surface area contributed by atoms with E-state index in [1.807, 2.05) is 4.90 Å². The number of nitrogens with zero attached hydrogens (tertiary/aromatic N) is 4. The van der Waals surface area contributed by atoms with Gasteiger partial charge in [-0.05, 0) is 25.7 Å². The highest BCUT2D eigenvalue weighted by Gasteiger charge is 2.42. The van der Waals surface area contributed by atoms with Gasteiger partial charge < -0.3 is 19.3 Å². The van der Waals surface area contributed by atoms with Crippen LogP contribution in [0.4, 0.5) is 10.3 Å². The molecule has 3 aliphatic heterocycles. The van der Waals surface area contributed by atoms with Crippen molar-refractivity contribution in [1.82, 2.24) is 14.9 Å². The number of aromatic nitrogens is 2. The summed E-state index contributed by atoms with van der Waals surface area (Å²) in [6.07, 6.45) is 5.65. The van der Waals surface area contributed by atoms with Gasteiger partial charge in [-0.1, -0.05) is 0 Å². The van der Waals surface area contributed by atoms with Crippen molar-refractivity contribution in [3.05, 3.63) is 18.2 Å². The summed E-state index contributed by atoms with van der Waals surface area (Å²) in [6, 6.07) is 0. The van der Waals surface area contributed by atoms with Gasteiger partial charge in [-0.25, -0.2) is 14.4 Å². The second-order valence-corrected chi connectivity index (χ2v) is 7.37. The first-order valence-corrected chi connectivity index (χ1v) is 9.38. The SMILES string of the molecule is O=C(C1CCOCC1)N1CCC2(CC1)CN(c1ncc(F)cn1)CCO2. The molecule has 0 bridgehead atoms. The highest BCUT2D eigenvalue weighted by molar-refractivity contribution is 5.79. The number of carbonyl (C=O) groups is 1. The summed E-state index contributed by atoms with van der Waals surface area (Å²) in [5.41, 5.74) is -0.275. The van der Waals surface area contributed by atoms with Crippen molar-refractivity contribution in [2.45, 2.75) is 31.3 Å². The van der Waals surface area contributed by atoms with E-state index in [9.17, 15) is 9.18 Å². The quantitative estimate of drug-likeness (QED) is 0.787. The van der Waals surface area contributed by atoms with E-state index in [2.05, 4.69) is 14.9 Å². The number of carbonyl (C=O) groups excluding carboxylic acids is 1. The van der Waals surface area contributed by atoms with Gasteiger partial charge in [-0.3, -0.25) is 4.79 Å². The molecule has 3 saturated heterocycles. The summed E-state index contributed by atoms with van der Waals surface area (Å²) in [5, 5.41) is 0. The van der Waals surface area contributed by atoms with E-state index >= 15 is 0 Å². The van der Waals surface area contributed by atoms with Crippen LogP contribution in [0, 0.1) is 11.7 Å². The number of ether oxygens (including phenoxy) is 2. The van der Waals surface area contributed by atoms with Gasteiger partial charge in [0.1, 0.15) is 0 Å². The fourth-order valence-electron chi connectivity index (χ4n) is 4.12. The van der Waals surface area contributed by atoms with Crippen molar-refractivity contribution in [3.8, 4) is 0 Å². The second-order valence-electron chi connectivity index (χ2n) is 7.37. The van der Waals surface area contributed by atoms with Gasteiger partial charge in [0.05, 0.1) is 31.1 Å². The summed E-state index contributed by atoms with van der Waals surface area (Å²) < 4.78 is 24.5. The third-order valence-electron chi connectivity index (χ3n) is 5.69. The molecule has 1 aromatic heterocycles. The molecule has 3 aliphatic rings. The summed E-state index contributed by atoms with van der Waals surface area (Å²) in [5.74, 6) is 0.471. The molecule has 0 N–H and O–H groups in total. The van der Waals surface area contributed by atoms with E-state index in [1.54, 1.807) is 0 Å². The molecule has 8 heteroatoms. The molecule has 1 aromatic rings. The van der Waals surface area contributed by atoms with Crippen LogP contribution in [-0.2, 0) is 14.3 Å². The van der Waals surface area contributed by atoms with Gasteiger partial charge in [0, 0.05) is 38.8 Å². The largest absolute Gasteiger partial charge is 0.381 e. The number of amides is 1. The van der Waals surface area contributed by atoms with Crippen molar-refractivity contribution in [2.24, 2.45) is 5.92 Å². The number of hydrogen-bond acceptors (Lipinski definition) is 6. The Balaban J connectivity index is 1.36. The van der Waals surface area contributed by atoms with E-state index in [-0.39, 0.29) is 17.4 Å². The van der Waals surface area contributed by atoms with Crippen LogP contribution >= 0.6 is 0 Å². The highest BCUT2D eigenvalue weighted by atomic mass is 19.1. The number of halogens is 1. The minimum atomic E-state index is -0.434. The molecule has 1 spiro atoms. The number of piperidine rings is 1. The zero-order chi connectivity index (χ0) is 18.0. The van der Waals surface area contributed by atoms with E-state index in [4.69, 9.17) is 9.47 Å². The van der Waals surface area contributed by atoms with Crippen LogP contribution in [-0.4, -0.2) is 72.4 Å². The molecule has 0 unspecified atom stereocenters. The highest BCUT2D eigenvalue weighted by Crippen LogP contribution is 2.32. The smallest absolute Gasteiger partial charge is 0.225 e. The topological polar surface area (TPSA) is 67.8 Å². The predicted octanol–water partition coefficient (Wildman–Crippen LogP) is 1.24. The third-order valence-corrected chi connectivity index (χ3v) is 5.69. The van der Waals surface area contributed by atoms with Crippen LogP contribution in [0.5, 0.6) is 0 Å². The minimum absolute atomic E-state index is 0.106. The average molecular weight is 364 g/mol. The fraction of sp³-hybridized carbons (Fsp3) is 0.722. The van der Waals surface area contributed by atoms with Crippen LogP contribution in [0.15, 0.2) is 12.4 Å². The van der Waals surface area contributed by atoms with Gasteiger partial charge in [-0.15, -0.1) is 0 Å². The molecule has 1 amide bonds. The maximum absolute atomic E-state index is 13.1. The molecule has 0 saturated carbocycles. The Morgan fingerprint density at radius 3 is 2.50 bits per heavy atom. The number of morpholine rings is 1. The summed E-state index contributed by atoms with van der Waals surface area (Å²) in [7, 11) is 0. The number of likely N-dealkylation sites (tertiary alicyclic amines) is 1. The van der Waals surface area contributed by atoms with Crippen molar-refractivity contribution >= 4 is 11.9 Å². The molecule has 142 valence electrons. The second kappa shape index (κ2) is 7.44. The molecule has 0 aromatic carbocycles. The van der Waals surface area contributed by atoms with Crippen LogP contribution in [0.3, 0.4) is 0 Å². The van der Waals surface area contributed by atoms with E-state index in [0.717, 1.165) is 25.7 Å². The number of hydrogen-bond donors (Lipinski definition) is 0. The predicted molar refractivity (Wildman–Crippen MR) is 92.2 cm³/mol. The van der Waals surface area contributed by atoms with Crippen molar-refractivity contribution in [2.75, 3.05) is 50.9 Å². The van der Waals surface area contributed by atoms with Crippen LogP contribution < -0.4 is 4.90 Å². The Labute approximate surface area is 152 Å². The van der Waals surface area contributed by atoms with Gasteiger partial charge in [0.25, 0.3) is 0 Å². The first kappa shape index (κ1) is 17.6. The summed E-state index contributed by atoms with van der Waals surface area (Å²) in [6.45, 7) is 4.77. The van der Waals surface area contributed by atoms with Crippen molar-refractivity contribution in [3.63, 3.8) is 0 Å². The van der Waals surface area contributed by atoms with Gasteiger partial charge in [-0.2, -0.15) is 0 Å². The van der Waals surface area contributed by atoms with Crippen molar-refractivity contribution in [1.29, 1.82) is 0 Å². The molecule has 4 rings (SSSR count). The average Bonchev–Trinajstić information content (AvgIpc) is 2.69. The summed E-state index contributed by atoms with van der Waals surface area (Å²) >= 11 is 0. The van der Waals surface area contributed by atoms with E-state index in [1.165, 1.54) is 12.4 Å². The maximum Gasteiger partial charge on any atom is 0.225 e. The molecular formula is C18H25FN4O3. The van der Waals surface area contributed by atoms with Crippen LogP contribution in [0.2, 0.25) is 0 Å². The first-order valence-electron chi connectivity index (χ1n) is 9.38. The Bertz CT molecular complexity index is 628. The third kappa shape index (κ3) is 3.66. The molecule has 0 aliphatic carbocycles. The van der Waals surface area contributed by atoms with Crippen LogP contribution in [0.25, 0.3) is 0 Å². The van der Waals surface area contributed by atoms with Gasteiger partial charge in [0.2, 0.25) is 11.9 Å². The Morgan fingerprint density at radius 2 is 1.81 bits per heavy atom. The van der Waals surface area contributed by atoms with E-state index in [0.29, 0.717) is 51.9 Å².